The second-order valence-electron chi connectivity index (χ2n) is 5.43. The van der Waals surface area contributed by atoms with Gasteiger partial charge in [0.05, 0.1) is 5.56 Å². The minimum atomic E-state index is -0.287. The molecule has 1 heterocycles. The van der Waals surface area contributed by atoms with Crippen molar-refractivity contribution in [2.24, 2.45) is 0 Å². The third kappa shape index (κ3) is 4.19. The Bertz CT molecular complexity index is 893. The van der Waals surface area contributed by atoms with Crippen LogP contribution in [-0.4, -0.2) is 16.7 Å². The fourth-order valence-electron chi connectivity index (χ4n) is 2.42. The third-order valence-corrected chi connectivity index (χ3v) is 4.23. The van der Waals surface area contributed by atoms with Crippen LogP contribution < -0.4 is 5.32 Å². The summed E-state index contributed by atoms with van der Waals surface area (Å²) in [5.41, 5.74) is 2.18. The lowest BCUT2D eigenvalue weighted by atomic mass is 9.98. The molecule has 1 aromatic heterocycles. The fraction of sp³-hybridized carbons (Fsp3) is 0.0500. The molecule has 0 spiro atoms. The molecule has 3 aromatic rings. The largest absolute Gasteiger partial charge is 0.348 e. The molecule has 3 rings (SSSR count). The molecule has 1 N–H and O–H groups in total. The zero-order valence-electron chi connectivity index (χ0n) is 13.3. The number of ketones is 1. The molecular weight excluding hydrogens is 380 g/mol. The summed E-state index contributed by atoms with van der Waals surface area (Å²) in [6, 6.07) is 17.6. The van der Waals surface area contributed by atoms with E-state index in [1.54, 1.807) is 60.9 Å². The highest BCUT2D eigenvalue weighted by Crippen LogP contribution is 2.17. The van der Waals surface area contributed by atoms with Gasteiger partial charge in [-0.25, -0.2) is 0 Å². The van der Waals surface area contributed by atoms with Crippen molar-refractivity contribution >= 4 is 27.6 Å². The lowest BCUT2D eigenvalue weighted by Crippen LogP contribution is -2.25. The molecule has 0 aliphatic rings. The molecule has 124 valence electrons. The van der Waals surface area contributed by atoms with E-state index in [4.69, 9.17) is 0 Å². The Morgan fingerprint density at radius 1 is 0.920 bits per heavy atom. The minimum absolute atomic E-state index is 0.181. The number of nitrogens with one attached hydrogen (secondary N) is 1. The first kappa shape index (κ1) is 17.0. The number of hydrogen-bond donors (Lipinski definition) is 1. The molecule has 0 atom stereocenters. The molecule has 4 nitrogen and oxygen atoms in total. The Balaban J connectivity index is 1.81. The summed E-state index contributed by atoms with van der Waals surface area (Å²) in [6.07, 6.45) is 3.37. The van der Waals surface area contributed by atoms with Crippen LogP contribution in [0.25, 0.3) is 0 Å². The molecule has 2 aromatic carbocycles. The number of carbonyl (C=O) groups is 2. The molecule has 5 heteroatoms. The van der Waals surface area contributed by atoms with Crippen LogP contribution in [-0.2, 0) is 6.54 Å². The summed E-state index contributed by atoms with van der Waals surface area (Å²) in [7, 11) is 0. The van der Waals surface area contributed by atoms with Crippen LogP contribution in [0.15, 0.2) is 77.5 Å². The Morgan fingerprint density at radius 3 is 2.32 bits per heavy atom. The van der Waals surface area contributed by atoms with Gasteiger partial charge in [0, 0.05) is 34.5 Å². The van der Waals surface area contributed by atoms with E-state index >= 15 is 0 Å². The third-order valence-electron chi connectivity index (χ3n) is 3.70. The van der Waals surface area contributed by atoms with E-state index in [9.17, 15) is 9.59 Å². The van der Waals surface area contributed by atoms with Gasteiger partial charge in [0.15, 0.2) is 5.78 Å². The van der Waals surface area contributed by atoms with Crippen molar-refractivity contribution in [2.45, 2.75) is 6.54 Å². The van der Waals surface area contributed by atoms with Gasteiger partial charge in [-0.3, -0.25) is 14.6 Å². The normalized spacial score (nSPS) is 10.3. The van der Waals surface area contributed by atoms with Crippen LogP contribution in [0, 0.1) is 0 Å². The van der Waals surface area contributed by atoms with Gasteiger partial charge in [-0.05, 0) is 42.0 Å². The average Bonchev–Trinajstić information content (AvgIpc) is 2.67. The zero-order valence-corrected chi connectivity index (χ0v) is 14.9. The number of amides is 1. The van der Waals surface area contributed by atoms with E-state index in [-0.39, 0.29) is 11.7 Å². The lowest BCUT2D eigenvalue weighted by molar-refractivity contribution is 0.0939. The Kier molecular flexibility index (Phi) is 5.36. The molecule has 0 radical (unpaired) electrons. The van der Waals surface area contributed by atoms with Gasteiger partial charge in [-0.15, -0.1) is 0 Å². The molecular formula is C20H15BrN2O2. The summed E-state index contributed by atoms with van der Waals surface area (Å²) in [6.45, 7) is 0.355. The average molecular weight is 395 g/mol. The first-order chi connectivity index (χ1) is 12.1. The van der Waals surface area contributed by atoms with Gasteiger partial charge in [0.1, 0.15) is 0 Å². The van der Waals surface area contributed by atoms with Crippen molar-refractivity contribution in [1.82, 2.24) is 10.3 Å². The number of nitrogens with zero attached hydrogens (tertiary/aromatic N) is 1. The van der Waals surface area contributed by atoms with Crippen molar-refractivity contribution < 1.29 is 9.59 Å². The van der Waals surface area contributed by atoms with Crippen LogP contribution in [0.3, 0.4) is 0 Å². The molecule has 1 amide bonds. The first-order valence-electron chi connectivity index (χ1n) is 7.71. The SMILES string of the molecule is O=C(NCc1cccnc1)c1ccccc1C(=O)c1ccc(Br)cc1. The molecule has 0 fully saturated rings. The van der Waals surface area contributed by atoms with Crippen LogP contribution in [0.5, 0.6) is 0 Å². The second-order valence-corrected chi connectivity index (χ2v) is 6.34. The van der Waals surface area contributed by atoms with Crippen molar-refractivity contribution in [3.8, 4) is 0 Å². The molecule has 0 unspecified atom stereocenters. The molecule has 0 aliphatic heterocycles. The van der Waals surface area contributed by atoms with Crippen molar-refractivity contribution in [1.29, 1.82) is 0 Å². The quantitative estimate of drug-likeness (QED) is 0.665. The van der Waals surface area contributed by atoms with E-state index < -0.39 is 0 Å². The number of benzene rings is 2. The van der Waals surface area contributed by atoms with Gasteiger partial charge in [-0.2, -0.15) is 0 Å². The van der Waals surface area contributed by atoms with Crippen LogP contribution in [0.1, 0.15) is 31.8 Å². The number of aromatic nitrogens is 1. The molecule has 0 aliphatic carbocycles. The topological polar surface area (TPSA) is 59.1 Å². The molecule has 0 saturated carbocycles. The number of rotatable bonds is 5. The minimum Gasteiger partial charge on any atom is -0.348 e. The van der Waals surface area contributed by atoms with Gasteiger partial charge < -0.3 is 5.32 Å². The van der Waals surface area contributed by atoms with Crippen LogP contribution in [0.4, 0.5) is 0 Å². The van der Waals surface area contributed by atoms with Gasteiger partial charge in [0.2, 0.25) is 0 Å². The Morgan fingerprint density at radius 2 is 1.64 bits per heavy atom. The molecule has 0 saturated heterocycles. The van der Waals surface area contributed by atoms with Gasteiger partial charge in [-0.1, -0.05) is 40.2 Å². The van der Waals surface area contributed by atoms with E-state index in [2.05, 4.69) is 26.2 Å². The highest BCUT2D eigenvalue weighted by atomic mass is 79.9. The molecule has 0 bridgehead atoms. The Labute approximate surface area is 154 Å². The van der Waals surface area contributed by atoms with Crippen LogP contribution in [0.2, 0.25) is 0 Å². The highest BCUT2D eigenvalue weighted by molar-refractivity contribution is 9.10. The van der Waals surface area contributed by atoms with E-state index in [1.165, 1.54) is 0 Å². The number of hydrogen-bond acceptors (Lipinski definition) is 3. The maximum absolute atomic E-state index is 12.8. The van der Waals surface area contributed by atoms with Gasteiger partial charge in [0.25, 0.3) is 5.91 Å². The van der Waals surface area contributed by atoms with E-state index in [0.717, 1.165) is 10.0 Å². The summed E-state index contributed by atoms with van der Waals surface area (Å²) >= 11 is 3.35. The molecule has 25 heavy (non-hydrogen) atoms. The smallest absolute Gasteiger partial charge is 0.252 e. The zero-order chi connectivity index (χ0) is 17.6. The highest BCUT2D eigenvalue weighted by Gasteiger charge is 2.17. The summed E-state index contributed by atoms with van der Waals surface area (Å²) in [5, 5.41) is 2.83. The fourth-order valence-corrected chi connectivity index (χ4v) is 2.68. The summed E-state index contributed by atoms with van der Waals surface area (Å²) in [4.78, 5) is 29.3. The summed E-state index contributed by atoms with van der Waals surface area (Å²) in [5.74, 6) is -0.468. The van der Waals surface area contributed by atoms with Crippen molar-refractivity contribution in [3.63, 3.8) is 0 Å². The van der Waals surface area contributed by atoms with Gasteiger partial charge >= 0.3 is 0 Å². The number of pyridine rings is 1. The standard InChI is InChI=1S/C20H15BrN2O2/c21-16-9-7-15(8-10-16)19(24)17-5-1-2-6-18(17)20(25)23-13-14-4-3-11-22-12-14/h1-12H,13H2,(H,23,25). The Hall–Kier alpha value is -2.79. The van der Waals surface area contributed by atoms with E-state index in [0.29, 0.717) is 23.2 Å². The van der Waals surface area contributed by atoms with Crippen molar-refractivity contribution in [2.75, 3.05) is 0 Å². The monoisotopic (exact) mass is 394 g/mol. The second kappa shape index (κ2) is 7.85. The first-order valence-corrected chi connectivity index (χ1v) is 8.51. The predicted molar refractivity (Wildman–Crippen MR) is 99.4 cm³/mol. The number of halogens is 1. The lowest BCUT2D eigenvalue weighted by Gasteiger charge is -2.10. The predicted octanol–water partition coefficient (Wildman–Crippen LogP) is 4.01. The maximum atomic E-state index is 12.8. The maximum Gasteiger partial charge on any atom is 0.252 e. The van der Waals surface area contributed by atoms with Crippen molar-refractivity contribution in [3.05, 3.63) is 99.8 Å². The number of carbonyl (C=O) groups excluding carboxylic acids is 2. The van der Waals surface area contributed by atoms with E-state index in [1.807, 2.05) is 12.1 Å². The summed E-state index contributed by atoms with van der Waals surface area (Å²) < 4.78 is 0.895. The van der Waals surface area contributed by atoms with Crippen LogP contribution >= 0.6 is 15.9 Å².